The topological polar surface area (TPSA) is 97.3 Å². The first-order valence-electron chi connectivity index (χ1n) is 11.8. The van der Waals surface area contributed by atoms with Gasteiger partial charge in [-0.15, -0.1) is 0 Å². The van der Waals surface area contributed by atoms with Crippen LogP contribution in [0.2, 0.25) is 0 Å². The van der Waals surface area contributed by atoms with Gasteiger partial charge in [0.25, 0.3) is 11.8 Å². The number of para-hydroxylation sites is 2. The molecule has 1 aliphatic heterocycles. The fourth-order valence-corrected chi connectivity index (χ4v) is 4.77. The van der Waals surface area contributed by atoms with Gasteiger partial charge >= 0.3 is 0 Å². The van der Waals surface area contributed by atoms with E-state index in [4.69, 9.17) is 4.74 Å². The third kappa shape index (κ3) is 5.13. The summed E-state index contributed by atoms with van der Waals surface area (Å²) >= 11 is 3.38. The molecule has 0 saturated heterocycles. The number of hydrogen-bond donors (Lipinski definition) is 3. The summed E-state index contributed by atoms with van der Waals surface area (Å²) in [4.78, 5) is 26.8. The quantitative estimate of drug-likeness (QED) is 0.250. The SMILES string of the molecule is COc1ccccc1NC(=O)C1=C(C)Nc2c(C(=O)Nc3ccc(F)cc3)cnn2[C@@H]1c1cc(Br)ccc1F. The van der Waals surface area contributed by atoms with Crippen LogP contribution in [0.4, 0.5) is 26.0 Å². The lowest BCUT2D eigenvalue weighted by molar-refractivity contribution is -0.113. The fraction of sp³-hybridized carbons (Fsp3) is 0.107. The van der Waals surface area contributed by atoms with Crippen LogP contribution in [-0.4, -0.2) is 28.7 Å². The van der Waals surface area contributed by atoms with Crippen LogP contribution >= 0.6 is 15.9 Å². The van der Waals surface area contributed by atoms with Crippen molar-refractivity contribution < 1.29 is 23.1 Å². The van der Waals surface area contributed by atoms with Crippen molar-refractivity contribution in [2.75, 3.05) is 23.1 Å². The van der Waals surface area contributed by atoms with E-state index in [1.54, 1.807) is 43.3 Å². The highest BCUT2D eigenvalue weighted by atomic mass is 79.9. The number of ether oxygens (including phenoxy) is 1. The van der Waals surface area contributed by atoms with Crippen LogP contribution in [0.1, 0.15) is 28.9 Å². The molecule has 3 N–H and O–H groups in total. The van der Waals surface area contributed by atoms with E-state index < -0.39 is 29.5 Å². The highest BCUT2D eigenvalue weighted by Crippen LogP contribution is 2.40. The maximum Gasteiger partial charge on any atom is 0.261 e. The Bertz CT molecular complexity index is 1620. The van der Waals surface area contributed by atoms with Crippen molar-refractivity contribution in [3.8, 4) is 5.75 Å². The molecule has 0 unspecified atom stereocenters. The van der Waals surface area contributed by atoms with E-state index >= 15 is 4.39 Å². The number of carbonyl (C=O) groups is 2. The van der Waals surface area contributed by atoms with Gasteiger partial charge in [-0.3, -0.25) is 9.59 Å². The zero-order valence-corrected chi connectivity index (χ0v) is 22.3. The number of benzene rings is 3. The highest BCUT2D eigenvalue weighted by Gasteiger charge is 2.37. The number of aromatic nitrogens is 2. The molecule has 0 spiro atoms. The van der Waals surface area contributed by atoms with Gasteiger partial charge in [-0.25, -0.2) is 13.5 Å². The minimum absolute atomic E-state index is 0.156. The Balaban J connectivity index is 1.57. The Morgan fingerprint density at radius 2 is 1.77 bits per heavy atom. The molecule has 11 heteroatoms. The van der Waals surface area contributed by atoms with Crippen LogP contribution in [0.15, 0.2) is 88.7 Å². The van der Waals surface area contributed by atoms with E-state index in [9.17, 15) is 14.0 Å². The number of fused-ring (bicyclic) bond motifs is 1. The minimum Gasteiger partial charge on any atom is -0.495 e. The Morgan fingerprint density at radius 1 is 1.03 bits per heavy atom. The molecular formula is C28H22BrF2N5O3. The number of nitrogens with one attached hydrogen (secondary N) is 3. The molecule has 39 heavy (non-hydrogen) atoms. The summed E-state index contributed by atoms with van der Waals surface area (Å²) in [6.07, 6.45) is 1.33. The summed E-state index contributed by atoms with van der Waals surface area (Å²) in [7, 11) is 1.49. The molecule has 2 amide bonds. The molecule has 4 aromatic rings. The Kier molecular flexibility index (Phi) is 7.16. The zero-order chi connectivity index (χ0) is 27.7. The molecule has 5 rings (SSSR count). The van der Waals surface area contributed by atoms with Gasteiger partial charge in [0.1, 0.15) is 34.8 Å². The molecule has 0 aliphatic carbocycles. The highest BCUT2D eigenvalue weighted by molar-refractivity contribution is 9.10. The number of halogens is 3. The third-order valence-electron chi connectivity index (χ3n) is 6.22. The van der Waals surface area contributed by atoms with Gasteiger partial charge in [0.05, 0.1) is 24.6 Å². The van der Waals surface area contributed by atoms with Crippen molar-refractivity contribution in [1.29, 1.82) is 0 Å². The van der Waals surface area contributed by atoms with Crippen LogP contribution < -0.4 is 20.7 Å². The number of allylic oxidation sites excluding steroid dienone is 1. The number of rotatable bonds is 6. The van der Waals surface area contributed by atoms with Crippen molar-refractivity contribution in [3.63, 3.8) is 0 Å². The normalized spacial score (nSPS) is 14.3. The lowest BCUT2D eigenvalue weighted by Gasteiger charge is -2.30. The molecule has 1 atom stereocenters. The molecule has 8 nitrogen and oxygen atoms in total. The van der Waals surface area contributed by atoms with E-state index in [2.05, 4.69) is 37.0 Å². The van der Waals surface area contributed by atoms with Gasteiger partial charge in [-0.1, -0.05) is 28.1 Å². The van der Waals surface area contributed by atoms with Crippen molar-refractivity contribution in [2.45, 2.75) is 13.0 Å². The van der Waals surface area contributed by atoms with Gasteiger partial charge in [0.15, 0.2) is 0 Å². The number of carbonyl (C=O) groups excluding carboxylic acids is 2. The van der Waals surface area contributed by atoms with Gasteiger partial charge in [0, 0.05) is 21.4 Å². The molecule has 2 heterocycles. The van der Waals surface area contributed by atoms with Gasteiger partial charge in [-0.2, -0.15) is 5.10 Å². The summed E-state index contributed by atoms with van der Waals surface area (Å²) in [5.74, 6) is -1.29. The largest absolute Gasteiger partial charge is 0.495 e. The third-order valence-corrected chi connectivity index (χ3v) is 6.72. The van der Waals surface area contributed by atoms with Crippen molar-refractivity contribution in [3.05, 3.63) is 111 Å². The van der Waals surface area contributed by atoms with Crippen molar-refractivity contribution in [1.82, 2.24) is 9.78 Å². The second-order valence-electron chi connectivity index (χ2n) is 8.70. The minimum atomic E-state index is -1.01. The number of hydrogen-bond acceptors (Lipinski definition) is 5. The number of nitrogens with zero attached hydrogens (tertiary/aromatic N) is 2. The molecular weight excluding hydrogens is 572 g/mol. The van der Waals surface area contributed by atoms with Gasteiger partial charge in [-0.05, 0) is 61.5 Å². The number of anilines is 3. The Morgan fingerprint density at radius 3 is 2.51 bits per heavy atom. The summed E-state index contributed by atoms with van der Waals surface area (Å²) in [5.41, 5.74) is 1.74. The Hall–Kier alpha value is -4.51. The molecule has 0 saturated carbocycles. The maximum absolute atomic E-state index is 15.3. The first-order chi connectivity index (χ1) is 18.8. The summed E-state index contributed by atoms with van der Waals surface area (Å²) < 4.78 is 35.9. The van der Waals surface area contributed by atoms with Gasteiger partial charge < -0.3 is 20.7 Å². The van der Waals surface area contributed by atoms with E-state index in [0.29, 0.717) is 27.3 Å². The molecule has 198 valence electrons. The maximum atomic E-state index is 15.3. The number of methoxy groups -OCH3 is 1. The first-order valence-corrected chi connectivity index (χ1v) is 12.6. The van der Waals surface area contributed by atoms with E-state index in [-0.39, 0.29) is 22.5 Å². The summed E-state index contributed by atoms with van der Waals surface area (Å²) in [5, 5.41) is 13.0. The van der Waals surface area contributed by atoms with Gasteiger partial charge in [0.2, 0.25) is 0 Å². The monoisotopic (exact) mass is 593 g/mol. The van der Waals surface area contributed by atoms with E-state index in [1.165, 1.54) is 48.3 Å². The molecule has 0 radical (unpaired) electrons. The fourth-order valence-electron chi connectivity index (χ4n) is 4.40. The first kappa shape index (κ1) is 26.1. The standard InChI is InChI=1S/C28H22BrF2N5O3/c1-15-24(28(38)35-22-5-3-4-6-23(22)39-2)25(19-13-16(29)7-12-21(19)31)36-26(33-15)20(14-32-36)27(37)34-18-10-8-17(30)9-11-18/h3-14,25,33H,1-2H3,(H,34,37)(H,35,38)/t25-/m1/s1. The zero-order valence-electron chi connectivity index (χ0n) is 20.8. The van der Waals surface area contributed by atoms with Crippen molar-refractivity contribution >= 4 is 44.9 Å². The second-order valence-corrected chi connectivity index (χ2v) is 9.61. The second kappa shape index (κ2) is 10.7. The molecule has 0 bridgehead atoms. The molecule has 1 aromatic heterocycles. The molecule has 1 aliphatic rings. The number of amides is 2. The smallest absolute Gasteiger partial charge is 0.261 e. The Labute approximate surface area is 230 Å². The van der Waals surface area contributed by atoms with E-state index in [0.717, 1.165) is 0 Å². The van der Waals surface area contributed by atoms with E-state index in [1.807, 2.05) is 0 Å². The lowest BCUT2D eigenvalue weighted by atomic mass is 9.94. The molecule has 0 fully saturated rings. The van der Waals surface area contributed by atoms with Crippen molar-refractivity contribution in [2.24, 2.45) is 0 Å². The van der Waals surface area contributed by atoms with Crippen LogP contribution in [0.25, 0.3) is 0 Å². The average Bonchev–Trinajstić information content (AvgIpc) is 3.34. The predicted molar refractivity (Wildman–Crippen MR) is 147 cm³/mol. The lowest BCUT2D eigenvalue weighted by Crippen LogP contribution is -2.32. The van der Waals surface area contributed by atoms with Crippen LogP contribution in [0.5, 0.6) is 5.75 Å². The summed E-state index contributed by atoms with van der Waals surface area (Å²) in [6.45, 7) is 1.66. The average molecular weight is 594 g/mol. The van der Waals surface area contributed by atoms with Crippen LogP contribution in [0, 0.1) is 11.6 Å². The van der Waals surface area contributed by atoms with Crippen LogP contribution in [0.3, 0.4) is 0 Å². The summed E-state index contributed by atoms with van der Waals surface area (Å²) in [6, 6.07) is 15.6. The predicted octanol–water partition coefficient (Wildman–Crippen LogP) is 6.11. The molecule has 3 aromatic carbocycles. The van der Waals surface area contributed by atoms with Crippen LogP contribution in [-0.2, 0) is 4.79 Å².